The van der Waals surface area contributed by atoms with Crippen molar-refractivity contribution in [2.24, 2.45) is 4.99 Å². The van der Waals surface area contributed by atoms with Gasteiger partial charge in [0.2, 0.25) is 5.91 Å². The summed E-state index contributed by atoms with van der Waals surface area (Å²) in [4.78, 5) is 18.2. The van der Waals surface area contributed by atoms with Gasteiger partial charge in [-0.3, -0.25) is 14.4 Å². The number of aryl methyl sites for hydroxylation is 4. The van der Waals surface area contributed by atoms with Crippen molar-refractivity contribution in [3.63, 3.8) is 0 Å². The number of rotatable bonds is 14. The average Bonchev–Trinajstić information content (AvgIpc) is 3.95. The van der Waals surface area contributed by atoms with Crippen molar-refractivity contribution in [3.05, 3.63) is 121 Å². The maximum Gasteiger partial charge on any atom is 0.216 e. The van der Waals surface area contributed by atoms with E-state index in [1.165, 1.54) is 66.3 Å². The molecule has 0 bridgehead atoms. The molecule has 58 heavy (non-hydrogen) atoms. The van der Waals surface area contributed by atoms with Gasteiger partial charge in [-0.05, 0) is 98.7 Å². The Morgan fingerprint density at radius 3 is 2.34 bits per heavy atom. The van der Waals surface area contributed by atoms with Crippen LogP contribution in [0, 0.1) is 27.7 Å². The van der Waals surface area contributed by atoms with Crippen LogP contribution in [0.15, 0.2) is 77.1 Å². The Hall–Kier alpha value is -4.69. The monoisotopic (exact) mass is 835 g/mol. The minimum Gasteiger partial charge on any atom is -0.378 e. The Balaban J connectivity index is 0.000000192. The van der Waals surface area contributed by atoms with E-state index in [1.807, 2.05) is 31.2 Å². The highest BCUT2D eigenvalue weighted by Crippen LogP contribution is 2.37. The summed E-state index contributed by atoms with van der Waals surface area (Å²) >= 11 is 9.61. The van der Waals surface area contributed by atoms with Crippen LogP contribution in [0.5, 0.6) is 0 Å². The summed E-state index contributed by atoms with van der Waals surface area (Å²) in [6, 6.07) is 23.8. The molecule has 0 unspecified atom stereocenters. The van der Waals surface area contributed by atoms with Crippen LogP contribution in [0.4, 0.5) is 0 Å². The molecule has 0 atom stereocenters. The van der Waals surface area contributed by atoms with Gasteiger partial charge in [0.25, 0.3) is 0 Å². The van der Waals surface area contributed by atoms with E-state index < -0.39 is 0 Å². The maximum absolute atomic E-state index is 10.8. The molecular formula is C45H50ClN7O3S2. The van der Waals surface area contributed by atoms with Crippen molar-refractivity contribution in [1.29, 1.82) is 0 Å². The molecule has 0 aliphatic carbocycles. The number of aliphatic imine (C=N–C) groups is 1. The van der Waals surface area contributed by atoms with E-state index in [9.17, 15) is 4.79 Å². The quantitative estimate of drug-likeness (QED) is 0.106. The first-order valence-corrected chi connectivity index (χ1v) is 21.7. The molecule has 4 aromatic heterocycles. The largest absolute Gasteiger partial charge is 0.378 e. The minimum atomic E-state index is -0.0375. The molecule has 2 N–H and O–H groups in total. The number of aromatic nitrogens is 4. The number of carbonyl (C=O) groups is 1. The summed E-state index contributed by atoms with van der Waals surface area (Å²) in [6.07, 6.45) is 0. The highest BCUT2D eigenvalue weighted by Gasteiger charge is 2.26. The number of nitrogens with one attached hydrogen (secondary N) is 2. The first kappa shape index (κ1) is 41.5. The maximum atomic E-state index is 10.8. The molecule has 3 aromatic carbocycles. The smallest absolute Gasteiger partial charge is 0.216 e. The van der Waals surface area contributed by atoms with E-state index in [2.05, 4.69) is 106 Å². The molecular weight excluding hydrogens is 786 g/mol. The van der Waals surface area contributed by atoms with Gasteiger partial charge in [0.1, 0.15) is 17.4 Å². The summed E-state index contributed by atoms with van der Waals surface area (Å²) in [7, 11) is 0. The topological polar surface area (TPSA) is 108 Å². The third-order valence-corrected chi connectivity index (χ3v) is 12.7. The summed E-state index contributed by atoms with van der Waals surface area (Å²) in [5, 5.41) is 21.4. The van der Waals surface area contributed by atoms with Gasteiger partial charge >= 0.3 is 0 Å². The lowest BCUT2D eigenvalue weighted by molar-refractivity contribution is -0.119. The van der Waals surface area contributed by atoms with Crippen LogP contribution >= 0.6 is 34.3 Å². The Kier molecular flexibility index (Phi) is 13.5. The number of fused-ring (bicyclic) bond motifs is 6. The molecule has 0 fully saturated rings. The molecule has 10 nitrogen and oxygen atoms in total. The van der Waals surface area contributed by atoms with E-state index in [-0.39, 0.29) is 5.91 Å². The van der Waals surface area contributed by atoms with Crippen LogP contribution in [-0.2, 0) is 33.9 Å². The highest BCUT2D eigenvalue weighted by atomic mass is 35.5. The van der Waals surface area contributed by atoms with E-state index in [0.29, 0.717) is 39.5 Å². The molecule has 0 saturated carbocycles. The number of carbonyl (C=O) groups excluding carboxylic acids is 1. The molecule has 0 saturated heterocycles. The van der Waals surface area contributed by atoms with Gasteiger partial charge in [-0.25, -0.2) is 0 Å². The number of hydrogen-bond donors (Lipinski definition) is 2. The van der Waals surface area contributed by atoms with E-state index in [1.54, 1.807) is 22.7 Å². The predicted octanol–water partition coefficient (Wildman–Crippen LogP) is 9.37. The van der Waals surface area contributed by atoms with Gasteiger partial charge in [0, 0.05) is 80.8 Å². The van der Waals surface area contributed by atoms with Crippen molar-refractivity contribution in [2.75, 3.05) is 39.5 Å². The zero-order valence-corrected chi connectivity index (χ0v) is 36.3. The first-order chi connectivity index (χ1) is 28.1. The second-order valence-electron chi connectivity index (χ2n) is 14.3. The Morgan fingerprint density at radius 2 is 1.62 bits per heavy atom. The molecule has 13 heteroatoms. The van der Waals surface area contributed by atoms with Gasteiger partial charge in [-0.2, -0.15) is 0 Å². The van der Waals surface area contributed by atoms with Gasteiger partial charge in [-0.15, -0.1) is 32.9 Å². The standard InChI is InChI=1S/C28H35N3O3S.C17H15ClN4S/c1-4-31-26-8-5-22(18-29-9-11-33-13-14-34-12-10-30-21(3)32)16-25(26)24-7-6-23(17-27(24)31)28-15-20(2)19-35-28;1-9-10(2)23-17-15(9)16(12-4-6-13(18)7-5-12)19-8-14-21-20-11(3)22(14)17/h5-8,15-17,19,29H,4,9-14,18H2,1-3H3,(H,30,32);4-7H,8H2,1-3H3. The van der Waals surface area contributed by atoms with E-state index >= 15 is 0 Å². The third-order valence-electron chi connectivity index (χ3n) is 10.2. The predicted molar refractivity (Wildman–Crippen MR) is 239 cm³/mol. The van der Waals surface area contributed by atoms with Crippen LogP contribution < -0.4 is 10.6 Å². The number of halogens is 1. The number of nitrogens with zero attached hydrogens (tertiary/aromatic N) is 5. The van der Waals surface area contributed by atoms with Crippen molar-refractivity contribution >= 4 is 67.7 Å². The average molecular weight is 837 g/mol. The molecule has 5 heterocycles. The fourth-order valence-electron chi connectivity index (χ4n) is 7.22. The molecule has 302 valence electrons. The molecule has 7 aromatic rings. The molecule has 1 amide bonds. The lowest BCUT2D eigenvalue weighted by atomic mass is 10.00. The SMILES string of the molecule is CCn1c2ccc(CNCCOCCOCCNC(C)=O)cc2c2ccc(-c3cc(C)cs3)cc21.Cc1sc2c(c1C)C(c1ccc(Cl)cc1)=NCc1nnc(C)n1-2. The Bertz CT molecular complexity index is 2570. The summed E-state index contributed by atoms with van der Waals surface area (Å²) in [6.45, 7) is 18.0. The molecule has 1 aliphatic rings. The van der Waals surface area contributed by atoms with Crippen molar-refractivity contribution in [2.45, 2.75) is 61.2 Å². The number of amides is 1. The van der Waals surface area contributed by atoms with Crippen molar-refractivity contribution in [3.8, 4) is 15.4 Å². The number of thiophene rings is 2. The van der Waals surface area contributed by atoms with Crippen LogP contribution in [0.2, 0.25) is 5.02 Å². The summed E-state index contributed by atoms with van der Waals surface area (Å²) in [5.41, 5.74) is 11.0. The molecule has 1 aliphatic heterocycles. The minimum absolute atomic E-state index is 0.0375. The van der Waals surface area contributed by atoms with Crippen LogP contribution in [0.25, 0.3) is 37.2 Å². The number of benzene rings is 3. The fourth-order valence-corrected chi connectivity index (χ4v) is 9.47. The van der Waals surface area contributed by atoms with E-state index in [0.717, 1.165) is 52.6 Å². The van der Waals surface area contributed by atoms with Crippen molar-refractivity contribution < 1.29 is 14.3 Å². The van der Waals surface area contributed by atoms with Gasteiger partial charge in [-0.1, -0.05) is 41.9 Å². The first-order valence-electron chi connectivity index (χ1n) is 19.7. The third kappa shape index (κ3) is 9.28. The van der Waals surface area contributed by atoms with Crippen LogP contribution in [0.1, 0.15) is 58.2 Å². The van der Waals surface area contributed by atoms with Gasteiger partial charge in [0.05, 0.1) is 32.1 Å². The molecule has 8 rings (SSSR count). The lowest BCUT2D eigenvalue weighted by Gasteiger charge is -2.09. The van der Waals surface area contributed by atoms with Crippen LogP contribution in [-0.4, -0.2) is 70.5 Å². The summed E-state index contributed by atoms with van der Waals surface area (Å²) in [5.74, 6) is 1.74. The normalized spacial score (nSPS) is 12.2. The molecule has 0 radical (unpaired) electrons. The van der Waals surface area contributed by atoms with Gasteiger partial charge < -0.3 is 24.7 Å². The second kappa shape index (κ2) is 18.9. The number of hydrogen-bond acceptors (Lipinski definition) is 9. The summed E-state index contributed by atoms with van der Waals surface area (Å²) < 4.78 is 15.6. The fraction of sp³-hybridized carbons (Fsp3) is 0.333. The Labute approximate surface area is 352 Å². The zero-order chi connectivity index (χ0) is 40.8. The highest BCUT2D eigenvalue weighted by molar-refractivity contribution is 7.15. The zero-order valence-electron chi connectivity index (χ0n) is 33.9. The number of ether oxygens (including phenoxy) is 2. The Morgan fingerprint density at radius 1 is 0.862 bits per heavy atom. The van der Waals surface area contributed by atoms with Crippen LogP contribution in [0.3, 0.4) is 0 Å². The van der Waals surface area contributed by atoms with Gasteiger partial charge in [0.15, 0.2) is 5.82 Å². The molecule has 0 spiro atoms. The second-order valence-corrected chi connectivity index (χ2v) is 16.9. The van der Waals surface area contributed by atoms with E-state index in [4.69, 9.17) is 26.1 Å². The van der Waals surface area contributed by atoms with Crippen molar-refractivity contribution in [1.82, 2.24) is 30.0 Å². The lowest BCUT2D eigenvalue weighted by Crippen LogP contribution is -2.25.